The highest BCUT2D eigenvalue weighted by Crippen LogP contribution is 1.84. The van der Waals surface area contributed by atoms with Gasteiger partial charge in [0.1, 0.15) is 5.69 Å². The van der Waals surface area contributed by atoms with E-state index in [2.05, 4.69) is 5.10 Å². The zero-order chi connectivity index (χ0) is 6.15. The fourth-order valence-corrected chi connectivity index (χ4v) is 0.524. The second kappa shape index (κ2) is 4.24. The Morgan fingerprint density at radius 3 is 2.20 bits per heavy atom. The van der Waals surface area contributed by atoms with Crippen molar-refractivity contribution in [3.63, 3.8) is 0 Å². The van der Waals surface area contributed by atoms with Crippen molar-refractivity contribution in [3.8, 4) is 0 Å². The van der Waals surface area contributed by atoms with Crippen molar-refractivity contribution in [2.24, 2.45) is 7.05 Å². The van der Waals surface area contributed by atoms with Crippen molar-refractivity contribution in [2.75, 3.05) is 5.73 Å². The fraction of sp³-hybridized carbons (Fsp3) is 0.250. The molecule has 0 radical (unpaired) electrons. The lowest BCUT2D eigenvalue weighted by atomic mass is 10.6. The number of nitrogens with two attached hydrogens (primary N) is 1. The highest BCUT2D eigenvalue weighted by molar-refractivity contribution is 5.85. The molecule has 0 aliphatic rings. The Balaban J connectivity index is 0. The topological polar surface area (TPSA) is 63.8 Å². The van der Waals surface area contributed by atoms with Crippen LogP contribution in [0.15, 0.2) is 11.0 Å². The van der Waals surface area contributed by atoms with Crippen LogP contribution in [-0.2, 0) is 7.05 Å². The third kappa shape index (κ3) is 2.33. The predicted octanol–water partition coefficient (Wildman–Crippen LogP) is 0.139. The number of nitrogen functional groups attached to an aromatic ring is 1. The minimum absolute atomic E-state index is 0. The predicted molar refractivity (Wildman–Crippen MR) is 44.9 cm³/mol. The first-order chi connectivity index (χ1) is 3.70. The molecule has 0 saturated carbocycles. The van der Waals surface area contributed by atoms with Crippen LogP contribution in [0.2, 0.25) is 0 Å². The molecule has 4 nitrogen and oxygen atoms in total. The van der Waals surface area contributed by atoms with Gasteiger partial charge in [-0.25, -0.2) is 0 Å². The molecule has 0 aliphatic carbocycles. The maximum atomic E-state index is 10.4. The van der Waals surface area contributed by atoms with Gasteiger partial charge in [-0.1, -0.05) is 0 Å². The van der Waals surface area contributed by atoms with Gasteiger partial charge in [0.2, 0.25) is 0 Å². The Hall–Kier alpha value is -0.610. The lowest BCUT2D eigenvalue weighted by Crippen LogP contribution is -2.05. The molecule has 10 heavy (non-hydrogen) atoms. The van der Waals surface area contributed by atoms with E-state index < -0.39 is 0 Å². The minimum Gasteiger partial charge on any atom is -0.393 e. The average Bonchev–Trinajstić information content (AvgIpc) is 1.85. The van der Waals surface area contributed by atoms with Crippen molar-refractivity contribution in [1.82, 2.24) is 9.78 Å². The molecule has 1 heterocycles. The molecule has 0 unspecified atom stereocenters. The number of anilines is 1. The largest absolute Gasteiger partial charge is 0.393 e. The summed E-state index contributed by atoms with van der Waals surface area (Å²) in [7, 11) is 1.71. The van der Waals surface area contributed by atoms with Gasteiger partial charge in [-0.05, 0) is 0 Å². The number of hydrogen-bond acceptors (Lipinski definition) is 2. The smallest absolute Gasteiger partial charge is 0.287 e. The summed E-state index contributed by atoms with van der Waals surface area (Å²) in [5, 5.41) is 2.44. The Labute approximate surface area is 70.2 Å². The molecule has 0 atom stereocenters. The van der Waals surface area contributed by atoms with Gasteiger partial charge in [0.05, 0.1) is 0 Å². The number of aromatic amines is 1. The number of nitrogens with one attached hydrogen (secondary N) is 1. The third-order valence-electron chi connectivity index (χ3n) is 0.873. The first kappa shape index (κ1) is 12.1. The second-order valence-corrected chi connectivity index (χ2v) is 1.64. The molecule has 1 aromatic heterocycles. The molecular formula is C4H9Cl2N3O. The van der Waals surface area contributed by atoms with Gasteiger partial charge < -0.3 is 5.73 Å². The van der Waals surface area contributed by atoms with Crippen LogP contribution >= 0.6 is 24.8 Å². The van der Waals surface area contributed by atoms with Crippen molar-refractivity contribution in [1.29, 1.82) is 0 Å². The van der Waals surface area contributed by atoms with Crippen LogP contribution in [0.25, 0.3) is 0 Å². The summed E-state index contributed by atoms with van der Waals surface area (Å²) in [4.78, 5) is 10.4. The number of hydrogen-bond donors (Lipinski definition) is 2. The molecule has 0 saturated heterocycles. The van der Waals surface area contributed by atoms with E-state index in [4.69, 9.17) is 5.73 Å². The molecule has 0 aliphatic heterocycles. The first-order valence-corrected chi connectivity index (χ1v) is 2.21. The summed E-state index contributed by atoms with van der Waals surface area (Å²) >= 11 is 0. The average molecular weight is 186 g/mol. The van der Waals surface area contributed by atoms with Crippen LogP contribution in [-0.4, -0.2) is 9.78 Å². The zero-order valence-corrected chi connectivity index (χ0v) is 6.96. The maximum absolute atomic E-state index is 10.4. The molecule has 6 heteroatoms. The molecule has 0 spiro atoms. The Morgan fingerprint density at radius 1 is 1.60 bits per heavy atom. The SMILES string of the molecule is Cl.Cl.Cn1cc(N)c(=O)[nH]1. The van der Waals surface area contributed by atoms with Crippen LogP contribution in [0.4, 0.5) is 5.69 Å². The number of nitrogens with zero attached hydrogens (tertiary/aromatic N) is 1. The van der Waals surface area contributed by atoms with Crippen LogP contribution in [0, 0.1) is 0 Å². The standard InChI is InChI=1S/C4H7N3O.2ClH/c1-7-2-3(5)4(8)6-7;;/h2H,5H2,1H3,(H,6,8);2*1H. The van der Waals surface area contributed by atoms with Gasteiger partial charge in [0.25, 0.3) is 5.56 Å². The van der Waals surface area contributed by atoms with Gasteiger partial charge in [-0.3, -0.25) is 14.6 Å². The van der Waals surface area contributed by atoms with Gasteiger partial charge in [-0.2, -0.15) is 0 Å². The quantitative estimate of drug-likeness (QED) is 0.605. The van der Waals surface area contributed by atoms with E-state index in [0.29, 0.717) is 0 Å². The summed E-state index contributed by atoms with van der Waals surface area (Å²) in [6.07, 6.45) is 1.53. The lowest BCUT2D eigenvalue weighted by Gasteiger charge is -1.80. The van der Waals surface area contributed by atoms with Gasteiger partial charge >= 0.3 is 0 Å². The molecule has 1 aromatic rings. The van der Waals surface area contributed by atoms with E-state index in [9.17, 15) is 4.79 Å². The molecule has 3 N–H and O–H groups in total. The number of H-pyrrole nitrogens is 1. The summed E-state index contributed by atoms with van der Waals surface area (Å²) in [6, 6.07) is 0. The number of aryl methyl sites for hydroxylation is 1. The minimum atomic E-state index is -0.229. The monoisotopic (exact) mass is 185 g/mol. The van der Waals surface area contributed by atoms with E-state index in [-0.39, 0.29) is 36.1 Å². The normalized spacial score (nSPS) is 7.70. The van der Waals surface area contributed by atoms with Crippen LogP contribution in [0.3, 0.4) is 0 Å². The number of aromatic nitrogens is 2. The van der Waals surface area contributed by atoms with E-state index >= 15 is 0 Å². The van der Waals surface area contributed by atoms with Crippen molar-refractivity contribution in [2.45, 2.75) is 0 Å². The molecular weight excluding hydrogens is 177 g/mol. The summed E-state index contributed by atoms with van der Waals surface area (Å²) < 4.78 is 1.51. The Kier molecular flexibility index (Phi) is 5.14. The highest BCUT2D eigenvalue weighted by Gasteiger charge is 1.91. The molecule has 0 bridgehead atoms. The van der Waals surface area contributed by atoms with Crippen LogP contribution in [0.1, 0.15) is 0 Å². The Morgan fingerprint density at radius 2 is 2.10 bits per heavy atom. The molecule has 1 rings (SSSR count). The fourth-order valence-electron chi connectivity index (χ4n) is 0.524. The maximum Gasteiger partial charge on any atom is 0.287 e. The van der Waals surface area contributed by atoms with E-state index in [1.807, 2.05) is 0 Å². The Bertz CT molecular complexity index is 241. The van der Waals surface area contributed by atoms with Crippen molar-refractivity contribution < 1.29 is 0 Å². The van der Waals surface area contributed by atoms with Crippen molar-refractivity contribution >= 4 is 30.5 Å². The van der Waals surface area contributed by atoms with Gasteiger partial charge in [-0.15, -0.1) is 24.8 Å². The van der Waals surface area contributed by atoms with Crippen LogP contribution in [0.5, 0.6) is 0 Å². The molecule has 0 aromatic carbocycles. The number of halogens is 2. The highest BCUT2D eigenvalue weighted by atomic mass is 35.5. The second-order valence-electron chi connectivity index (χ2n) is 1.64. The van der Waals surface area contributed by atoms with Crippen LogP contribution < -0.4 is 11.3 Å². The zero-order valence-electron chi connectivity index (χ0n) is 5.33. The third-order valence-corrected chi connectivity index (χ3v) is 0.873. The first-order valence-electron chi connectivity index (χ1n) is 2.21. The summed E-state index contributed by atoms with van der Waals surface area (Å²) in [6.45, 7) is 0. The molecule has 0 amide bonds. The summed E-state index contributed by atoms with van der Waals surface area (Å²) in [5.41, 5.74) is 5.20. The number of rotatable bonds is 0. The van der Waals surface area contributed by atoms with Crippen molar-refractivity contribution in [3.05, 3.63) is 16.6 Å². The molecule has 0 fully saturated rings. The lowest BCUT2D eigenvalue weighted by molar-refractivity contribution is 0.756. The summed E-state index contributed by atoms with van der Waals surface area (Å²) in [5.74, 6) is 0. The van der Waals surface area contributed by atoms with E-state index in [1.165, 1.54) is 10.9 Å². The molecule has 60 valence electrons. The van der Waals surface area contributed by atoms with Gasteiger partial charge in [0, 0.05) is 13.2 Å². The van der Waals surface area contributed by atoms with Gasteiger partial charge in [0.15, 0.2) is 0 Å². The van der Waals surface area contributed by atoms with E-state index in [1.54, 1.807) is 7.05 Å². The van der Waals surface area contributed by atoms with E-state index in [0.717, 1.165) is 0 Å².